The van der Waals surface area contributed by atoms with Crippen molar-refractivity contribution < 1.29 is 13.6 Å². The number of amides is 1. The monoisotopic (exact) mass is 408 g/mol. The summed E-state index contributed by atoms with van der Waals surface area (Å²) in [6, 6.07) is 16.3. The first-order valence-electron chi connectivity index (χ1n) is 9.91. The third-order valence-electron chi connectivity index (χ3n) is 5.64. The highest BCUT2D eigenvalue weighted by Gasteiger charge is 2.35. The second-order valence-electron chi connectivity index (χ2n) is 7.85. The van der Waals surface area contributed by atoms with E-state index in [1.165, 1.54) is 0 Å². The third-order valence-corrected chi connectivity index (χ3v) is 5.64. The Morgan fingerprint density at radius 2 is 1.87 bits per heavy atom. The van der Waals surface area contributed by atoms with Crippen molar-refractivity contribution in [3.63, 3.8) is 0 Å². The fourth-order valence-electron chi connectivity index (χ4n) is 3.93. The number of fused-ring (bicyclic) bond motifs is 1. The van der Waals surface area contributed by atoms with Crippen LogP contribution in [-0.2, 0) is 6.54 Å². The summed E-state index contributed by atoms with van der Waals surface area (Å²) in [4.78, 5) is 13.1. The van der Waals surface area contributed by atoms with E-state index in [2.05, 4.69) is 11.4 Å². The molecule has 1 aliphatic rings. The van der Waals surface area contributed by atoms with Gasteiger partial charge in [-0.3, -0.25) is 4.79 Å². The topological polar surface area (TPSA) is 83.8 Å². The van der Waals surface area contributed by atoms with Crippen LogP contribution in [0.1, 0.15) is 47.3 Å². The van der Waals surface area contributed by atoms with Gasteiger partial charge in [0, 0.05) is 36.5 Å². The molecule has 1 saturated carbocycles. The molecule has 0 aliphatic heterocycles. The first-order valence-corrected chi connectivity index (χ1v) is 9.91. The smallest absolute Gasteiger partial charge is 0.268 e. The molecule has 0 spiro atoms. The molecule has 154 valence electrons. The minimum absolute atomic E-state index is 0.210. The number of halogens is 2. The van der Waals surface area contributed by atoms with Crippen molar-refractivity contribution in [3.05, 3.63) is 65.4 Å². The number of anilines is 1. The van der Waals surface area contributed by atoms with Crippen LogP contribution in [0, 0.1) is 11.3 Å². The predicted molar refractivity (Wildman–Crippen MR) is 111 cm³/mol. The highest BCUT2D eigenvalue weighted by atomic mass is 19.3. The zero-order valence-corrected chi connectivity index (χ0v) is 16.4. The van der Waals surface area contributed by atoms with Gasteiger partial charge in [0.25, 0.3) is 5.91 Å². The molecule has 30 heavy (non-hydrogen) atoms. The van der Waals surface area contributed by atoms with Crippen LogP contribution in [0.3, 0.4) is 0 Å². The van der Waals surface area contributed by atoms with E-state index in [-0.39, 0.29) is 37.6 Å². The Labute approximate surface area is 173 Å². The number of nitrogen functional groups attached to an aromatic ring is 1. The Kier molecular flexibility index (Phi) is 5.17. The summed E-state index contributed by atoms with van der Waals surface area (Å²) in [7, 11) is 0. The molecule has 1 aromatic heterocycles. The van der Waals surface area contributed by atoms with E-state index >= 15 is 0 Å². The average molecular weight is 408 g/mol. The van der Waals surface area contributed by atoms with Crippen LogP contribution in [0.15, 0.2) is 48.5 Å². The Morgan fingerprint density at radius 1 is 1.17 bits per heavy atom. The van der Waals surface area contributed by atoms with Gasteiger partial charge in [-0.15, -0.1) is 0 Å². The maximum Gasteiger partial charge on any atom is 0.268 e. The average Bonchev–Trinajstić information content (AvgIpc) is 3.09. The van der Waals surface area contributed by atoms with Gasteiger partial charge in [-0.05, 0) is 48.7 Å². The van der Waals surface area contributed by atoms with Crippen LogP contribution in [0.4, 0.5) is 14.5 Å². The van der Waals surface area contributed by atoms with Gasteiger partial charge in [-0.25, -0.2) is 8.78 Å². The Hall–Kier alpha value is -3.40. The summed E-state index contributed by atoms with van der Waals surface area (Å²) in [6.45, 7) is 0.421. The largest absolute Gasteiger partial charge is 0.399 e. The van der Waals surface area contributed by atoms with Gasteiger partial charge in [0.2, 0.25) is 5.92 Å². The van der Waals surface area contributed by atoms with Gasteiger partial charge in [-0.1, -0.05) is 18.2 Å². The summed E-state index contributed by atoms with van der Waals surface area (Å²) in [5, 5.41) is 13.0. The maximum absolute atomic E-state index is 13.4. The number of alkyl halides is 2. The molecule has 0 atom stereocenters. The molecule has 1 heterocycles. The van der Waals surface area contributed by atoms with E-state index in [0.29, 0.717) is 23.5 Å². The molecular weight excluding hydrogens is 386 g/mol. The van der Waals surface area contributed by atoms with Crippen LogP contribution < -0.4 is 11.1 Å². The van der Waals surface area contributed by atoms with Crippen molar-refractivity contribution in [1.82, 2.24) is 9.88 Å². The number of aromatic nitrogens is 1. The molecule has 0 unspecified atom stereocenters. The van der Waals surface area contributed by atoms with Gasteiger partial charge in [0.15, 0.2) is 0 Å². The Bertz CT molecular complexity index is 1120. The zero-order chi connectivity index (χ0) is 21.3. The number of carbonyl (C=O) groups is 1. The second-order valence-corrected chi connectivity index (χ2v) is 7.85. The first-order chi connectivity index (χ1) is 14.3. The molecule has 3 N–H and O–H groups in total. The summed E-state index contributed by atoms with van der Waals surface area (Å²) >= 11 is 0. The lowest BCUT2D eigenvalue weighted by atomic mass is 9.92. The minimum atomic E-state index is -2.64. The van der Waals surface area contributed by atoms with E-state index in [9.17, 15) is 18.8 Å². The standard InChI is InChI=1S/C23H22F2N4O/c24-23(25)9-7-19(8-10-23)28-22(30)21-12-17-4-1-16(13-26)11-20(17)29(21)14-15-2-5-18(27)6-3-15/h1-6,11-12,19H,7-10,14,27H2,(H,28,30). The van der Waals surface area contributed by atoms with Crippen LogP contribution in [0.5, 0.6) is 0 Å². The molecule has 0 radical (unpaired) electrons. The number of nitriles is 1. The van der Waals surface area contributed by atoms with Gasteiger partial charge < -0.3 is 15.6 Å². The number of hydrogen-bond donors (Lipinski definition) is 2. The van der Waals surface area contributed by atoms with Crippen LogP contribution >= 0.6 is 0 Å². The number of nitrogens with one attached hydrogen (secondary N) is 1. The van der Waals surface area contributed by atoms with Crippen molar-refractivity contribution in [3.8, 4) is 6.07 Å². The van der Waals surface area contributed by atoms with E-state index < -0.39 is 5.92 Å². The third kappa shape index (κ3) is 4.13. The van der Waals surface area contributed by atoms with Crippen molar-refractivity contribution in [2.24, 2.45) is 0 Å². The van der Waals surface area contributed by atoms with Crippen LogP contribution in [-0.4, -0.2) is 22.4 Å². The number of rotatable bonds is 4. The van der Waals surface area contributed by atoms with E-state index in [1.807, 2.05) is 22.8 Å². The van der Waals surface area contributed by atoms with Crippen molar-refractivity contribution in [2.45, 2.75) is 44.2 Å². The molecule has 4 rings (SSSR count). The fraction of sp³-hybridized carbons (Fsp3) is 0.304. The summed E-state index contributed by atoms with van der Waals surface area (Å²) in [6.07, 6.45) is 0.0980. The Balaban J connectivity index is 1.66. The number of nitrogens with two attached hydrogens (primary N) is 1. The molecule has 0 bridgehead atoms. The highest BCUT2D eigenvalue weighted by molar-refractivity contribution is 5.99. The first kappa shape index (κ1) is 19.9. The summed E-state index contributed by atoms with van der Waals surface area (Å²) in [5.74, 6) is -2.94. The van der Waals surface area contributed by atoms with E-state index in [0.717, 1.165) is 16.5 Å². The molecule has 2 aromatic carbocycles. The predicted octanol–water partition coefficient (Wildman–Crippen LogP) is 4.45. The van der Waals surface area contributed by atoms with Crippen LogP contribution in [0.2, 0.25) is 0 Å². The number of nitrogens with zero attached hydrogens (tertiary/aromatic N) is 2. The van der Waals surface area contributed by atoms with Crippen LogP contribution in [0.25, 0.3) is 10.9 Å². The number of carbonyl (C=O) groups excluding carboxylic acids is 1. The lowest BCUT2D eigenvalue weighted by Crippen LogP contribution is -2.40. The molecule has 0 saturated heterocycles. The molecular formula is C23H22F2N4O. The normalized spacial score (nSPS) is 16.3. The SMILES string of the molecule is N#Cc1ccc2cc(C(=O)NC3CCC(F)(F)CC3)n(Cc3ccc(N)cc3)c2c1. The van der Waals surface area contributed by atoms with Gasteiger partial charge in [0.1, 0.15) is 5.69 Å². The van der Waals surface area contributed by atoms with Gasteiger partial charge in [0.05, 0.1) is 17.1 Å². The lowest BCUT2D eigenvalue weighted by molar-refractivity contribution is -0.0399. The minimum Gasteiger partial charge on any atom is -0.399 e. The number of benzene rings is 2. The fourth-order valence-corrected chi connectivity index (χ4v) is 3.93. The summed E-state index contributed by atoms with van der Waals surface area (Å²) < 4.78 is 28.7. The van der Waals surface area contributed by atoms with Crippen molar-refractivity contribution >= 4 is 22.5 Å². The van der Waals surface area contributed by atoms with Crippen molar-refractivity contribution in [2.75, 3.05) is 5.73 Å². The Morgan fingerprint density at radius 3 is 2.53 bits per heavy atom. The maximum atomic E-state index is 13.4. The van der Waals surface area contributed by atoms with Gasteiger partial charge >= 0.3 is 0 Å². The molecule has 3 aromatic rings. The molecule has 7 heteroatoms. The molecule has 5 nitrogen and oxygen atoms in total. The molecule has 1 amide bonds. The zero-order valence-electron chi connectivity index (χ0n) is 16.4. The summed E-state index contributed by atoms with van der Waals surface area (Å²) in [5.41, 5.74) is 9.08. The molecule has 1 aliphatic carbocycles. The van der Waals surface area contributed by atoms with Gasteiger partial charge in [-0.2, -0.15) is 5.26 Å². The van der Waals surface area contributed by atoms with E-state index in [4.69, 9.17) is 5.73 Å². The quantitative estimate of drug-likeness (QED) is 0.626. The molecule has 1 fully saturated rings. The van der Waals surface area contributed by atoms with Crippen molar-refractivity contribution in [1.29, 1.82) is 5.26 Å². The second kappa shape index (κ2) is 7.79. The number of hydrogen-bond acceptors (Lipinski definition) is 3. The van der Waals surface area contributed by atoms with E-state index in [1.54, 1.807) is 30.3 Å². The highest BCUT2D eigenvalue weighted by Crippen LogP contribution is 2.33. The lowest BCUT2D eigenvalue weighted by Gasteiger charge is -2.28.